The van der Waals surface area contributed by atoms with E-state index in [1.54, 1.807) is 7.11 Å². The SMILES string of the molecule is COc1ccc(CC(=O)N2CCC3(CC2)Nc2cc(C)ccc2-n2cccc23)cc1. The highest BCUT2D eigenvalue weighted by Gasteiger charge is 2.42. The van der Waals surface area contributed by atoms with Gasteiger partial charge in [-0.3, -0.25) is 4.79 Å². The number of aryl methyl sites for hydroxylation is 1. The average Bonchev–Trinajstić information content (AvgIpc) is 3.26. The van der Waals surface area contributed by atoms with E-state index in [1.807, 2.05) is 29.2 Å². The summed E-state index contributed by atoms with van der Waals surface area (Å²) in [6, 6.07) is 18.7. The van der Waals surface area contributed by atoms with Gasteiger partial charge in [0.25, 0.3) is 0 Å². The van der Waals surface area contributed by atoms with Crippen molar-refractivity contribution in [2.75, 3.05) is 25.5 Å². The summed E-state index contributed by atoms with van der Waals surface area (Å²) in [5.74, 6) is 1.01. The molecule has 3 heterocycles. The van der Waals surface area contributed by atoms with Crippen LogP contribution in [0.3, 0.4) is 0 Å². The van der Waals surface area contributed by atoms with Gasteiger partial charge in [-0.1, -0.05) is 18.2 Å². The van der Waals surface area contributed by atoms with Gasteiger partial charge in [0.1, 0.15) is 5.75 Å². The molecule has 1 amide bonds. The Kier molecular flexibility index (Phi) is 4.54. The molecule has 5 nitrogen and oxygen atoms in total. The topological polar surface area (TPSA) is 46.5 Å². The second-order valence-electron chi connectivity index (χ2n) is 8.40. The number of nitrogens with one attached hydrogen (secondary N) is 1. The minimum absolute atomic E-state index is 0.124. The van der Waals surface area contributed by atoms with Gasteiger partial charge in [-0.25, -0.2) is 0 Å². The second kappa shape index (κ2) is 7.24. The first kappa shape index (κ1) is 18.8. The van der Waals surface area contributed by atoms with Gasteiger partial charge >= 0.3 is 0 Å². The number of hydrogen-bond acceptors (Lipinski definition) is 3. The second-order valence-corrected chi connectivity index (χ2v) is 8.40. The van der Waals surface area contributed by atoms with Gasteiger partial charge in [0, 0.05) is 25.0 Å². The molecule has 1 N–H and O–H groups in total. The molecule has 1 fully saturated rings. The van der Waals surface area contributed by atoms with E-state index in [0.717, 1.165) is 37.2 Å². The number of anilines is 1. The minimum Gasteiger partial charge on any atom is -0.497 e. The molecule has 0 atom stereocenters. The van der Waals surface area contributed by atoms with Crippen LogP contribution >= 0.6 is 0 Å². The van der Waals surface area contributed by atoms with Crippen molar-refractivity contribution in [1.29, 1.82) is 0 Å². The Morgan fingerprint density at radius 1 is 1.10 bits per heavy atom. The van der Waals surface area contributed by atoms with Crippen molar-refractivity contribution in [3.05, 3.63) is 77.6 Å². The van der Waals surface area contributed by atoms with Crippen LogP contribution in [0.25, 0.3) is 5.69 Å². The van der Waals surface area contributed by atoms with Gasteiger partial charge < -0.3 is 19.5 Å². The molecule has 0 bridgehead atoms. The zero-order chi connectivity index (χ0) is 20.7. The summed E-state index contributed by atoms with van der Waals surface area (Å²) in [6.07, 6.45) is 4.38. The lowest BCUT2D eigenvalue weighted by molar-refractivity contribution is -0.132. The van der Waals surface area contributed by atoms with Crippen LogP contribution in [0.15, 0.2) is 60.8 Å². The van der Waals surface area contributed by atoms with Crippen LogP contribution in [0.4, 0.5) is 5.69 Å². The van der Waals surface area contributed by atoms with Gasteiger partial charge in [-0.15, -0.1) is 0 Å². The molecule has 1 aromatic heterocycles. The monoisotopic (exact) mass is 401 g/mol. The van der Waals surface area contributed by atoms with Gasteiger partial charge in [0.05, 0.1) is 30.4 Å². The van der Waals surface area contributed by atoms with Crippen molar-refractivity contribution in [1.82, 2.24) is 9.47 Å². The zero-order valence-corrected chi connectivity index (χ0v) is 17.5. The maximum atomic E-state index is 12.9. The first-order valence-corrected chi connectivity index (χ1v) is 10.6. The molecule has 30 heavy (non-hydrogen) atoms. The molecule has 154 valence electrons. The highest BCUT2D eigenvalue weighted by atomic mass is 16.5. The van der Waals surface area contributed by atoms with E-state index in [0.29, 0.717) is 6.42 Å². The number of aromatic nitrogens is 1. The standard InChI is InChI=1S/C25H27N3O2/c1-18-5-10-22-21(16-18)26-25(23-4-3-13-28(22)23)11-14-27(15-12-25)24(29)17-19-6-8-20(30-2)9-7-19/h3-10,13,16,26H,11-12,14-15,17H2,1-2H3. The first-order chi connectivity index (χ1) is 14.6. The lowest BCUT2D eigenvalue weighted by Crippen LogP contribution is -2.51. The summed E-state index contributed by atoms with van der Waals surface area (Å²) in [7, 11) is 1.65. The maximum Gasteiger partial charge on any atom is 0.226 e. The summed E-state index contributed by atoms with van der Waals surface area (Å²) in [5, 5.41) is 3.84. The number of likely N-dealkylation sites (tertiary alicyclic amines) is 1. The molecular formula is C25H27N3O2. The van der Waals surface area contributed by atoms with Crippen LogP contribution in [0.2, 0.25) is 0 Å². The number of rotatable bonds is 3. The molecule has 5 heteroatoms. The zero-order valence-electron chi connectivity index (χ0n) is 17.5. The van der Waals surface area contributed by atoms with Crippen LogP contribution in [0.1, 0.15) is 29.7 Å². The Labute approximate surface area is 177 Å². The average molecular weight is 402 g/mol. The number of hydrogen-bond donors (Lipinski definition) is 1. The van der Waals surface area contributed by atoms with E-state index in [4.69, 9.17) is 4.74 Å². The van der Waals surface area contributed by atoms with E-state index in [2.05, 4.69) is 53.3 Å². The molecule has 0 radical (unpaired) electrons. The van der Waals surface area contributed by atoms with Crippen LogP contribution in [-0.4, -0.2) is 35.6 Å². The van der Waals surface area contributed by atoms with Gasteiger partial charge in [-0.2, -0.15) is 0 Å². The summed E-state index contributed by atoms with van der Waals surface area (Å²) in [5.41, 5.74) is 5.82. The number of nitrogens with zero attached hydrogens (tertiary/aromatic N) is 2. The Morgan fingerprint density at radius 2 is 1.87 bits per heavy atom. The molecule has 0 aliphatic carbocycles. The quantitative estimate of drug-likeness (QED) is 0.713. The predicted molar refractivity (Wildman–Crippen MR) is 118 cm³/mol. The minimum atomic E-state index is -0.124. The van der Waals surface area contributed by atoms with Crippen LogP contribution < -0.4 is 10.1 Å². The third-order valence-electron chi connectivity index (χ3n) is 6.51. The first-order valence-electron chi connectivity index (χ1n) is 10.6. The van der Waals surface area contributed by atoms with E-state index < -0.39 is 0 Å². The van der Waals surface area contributed by atoms with Gasteiger partial charge in [-0.05, 0) is 67.3 Å². The summed E-state index contributed by atoms with van der Waals surface area (Å²) in [4.78, 5) is 14.9. The van der Waals surface area contributed by atoms with Gasteiger partial charge in [0.15, 0.2) is 0 Å². The van der Waals surface area contributed by atoms with E-state index in [1.165, 1.54) is 22.6 Å². The molecule has 1 spiro atoms. The summed E-state index contributed by atoms with van der Waals surface area (Å²) < 4.78 is 7.51. The van der Waals surface area contributed by atoms with Crippen molar-refractivity contribution in [2.24, 2.45) is 0 Å². The van der Waals surface area contributed by atoms with Crippen molar-refractivity contribution in [3.63, 3.8) is 0 Å². The Balaban J connectivity index is 1.32. The number of ether oxygens (including phenoxy) is 1. The molecule has 2 aliphatic rings. The molecule has 2 aromatic carbocycles. The fraction of sp³-hybridized carbons (Fsp3) is 0.320. The molecular weight excluding hydrogens is 374 g/mol. The number of carbonyl (C=O) groups is 1. The number of fused-ring (bicyclic) bond motifs is 4. The third-order valence-corrected chi connectivity index (χ3v) is 6.51. The Bertz CT molecular complexity index is 1080. The molecule has 3 aromatic rings. The Hall–Kier alpha value is -3.21. The number of carbonyl (C=O) groups excluding carboxylic acids is 1. The van der Waals surface area contributed by atoms with Crippen molar-refractivity contribution in [2.45, 2.75) is 31.7 Å². The number of benzene rings is 2. The molecule has 0 unspecified atom stereocenters. The number of methoxy groups -OCH3 is 1. The molecule has 1 saturated heterocycles. The fourth-order valence-corrected chi connectivity index (χ4v) is 4.81. The molecule has 2 aliphatic heterocycles. The van der Waals surface area contributed by atoms with Crippen molar-refractivity contribution < 1.29 is 9.53 Å². The van der Waals surface area contributed by atoms with Crippen molar-refractivity contribution in [3.8, 4) is 11.4 Å². The van der Waals surface area contributed by atoms with Crippen LogP contribution in [-0.2, 0) is 16.8 Å². The van der Waals surface area contributed by atoms with Gasteiger partial charge in [0.2, 0.25) is 5.91 Å². The highest BCUT2D eigenvalue weighted by molar-refractivity contribution is 5.79. The molecule has 0 saturated carbocycles. The maximum absolute atomic E-state index is 12.9. The lowest BCUT2D eigenvalue weighted by Gasteiger charge is -2.46. The third kappa shape index (κ3) is 3.15. The van der Waals surface area contributed by atoms with Crippen LogP contribution in [0.5, 0.6) is 5.75 Å². The smallest absolute Gasteiger partial charge is 0.226 e. The summed E-state index contributed by atoms with van der Waals surface area (Å²) in [6.45, 7) is 3.64. The van der Waals surface area contributed by atoms with E-state index >= 15 is 0 Å². The Morgan fingerprint density at radius 3 is 2.60 bits per heavy atom. The van der Waals surface area contributed by atoms with E-state index in [9.17, 15) is 4.79 Å². The van der Waals surface area contributed by atoms with E-state index in [-0.39, 0.29) is 11.4 Å². The lowest BCUT2D eigenvalue weighted by atomic mass is 9.82. The highest BCUT2D eigenvalue weighted by Crippen LogP contribution is 2.43. The normalized spacial score (nSPS) is 16.5. The number of piperidine rings is 1. The molecule has 5 rings (SSSR count). The predicted octanol–water partition coefficient (Wildman–Crippen LogP) is 4.28. The van der Waals surface area contributed by atoms with Crippen LogP contribution in [0, 0.1) is 6.92 Å². The number of amides is 1. The fourth-order valence-electron chi connectivity index (χ4n) is 4.81. The largest absolute Gasteiger partial charge is 0.497 e. The van der Waals surface area contributed by atoms with Crippen molar-refractivity contribution >= 4 is 11.6 Å². The summed E-state index contributed by atoms with van der Waals surface area (Å²) >= 11 is 0.